The van der Waals surface area contributed by atoms with Crippen LogP contribution in [-0.2, 0) is 10.0 Å². The van der Waals surface area contributed by atoms with E-state index in [1.54, 1.807) is 12.1 Å². The van der Waals surface area contributed by atoms with Crippen LogP contribution >= 0.6 is 24.0 Å². The van der Waals surface area contributed by atoms with Crippen LogP contribution in [0.1, 0.15) is 32.3 Å². The fourth-order valence-corrected chi connectivity index (χ4v) is 4.37. The highest BCUT2D eigenvalue weighted by Crippen LogP contribution is 2.28. The second-order valence-corrected chi connectivity index (χ2v) is 7.88. The number of hydrogen-bond donors (Lipinski definition) is 1. The topological polar surface area (TPSA) is 49.4 Å². The van der Waals surface area contributed by atoms with Crippen molar-refractivity contribution in [1.82, 2.24) is 9.62 Å². The molecule has 1 saturated heterocycles. The number of hydrogen-bond acceptors (Lipinski definition) is 3. The van der Waals surface area contributed by atoms with Crippen molar-refractivity contribution in [3.05, 3.63) is 28.8 Å². The van der Waals surface area contributed by atoms with Crippen LogP contribution in [0, 0.1) is 0 Å². The van der Waals surface area contributed by atoms with E-state index in [4.69, 9.17) is 11.6 Å². The summed E-state index contributed by atoms with van der Waals surface area (Å²) in [5.41, 5.74) is 0.983. The monoisotopic (exact) mass is 352 g/mol. The molecule has 1 heterocycles. The zero-order chi connectivity index (χ0) is 14.9. The normalized spacial score (nSPS) is 20.3. The Hall–Kier alpha value is -0.330. The number of halogens is 2. The third-order valence-electron chi connectivity index (χ3n) is 3.57. The number of benzene rings is 1. The summed E-state index contributed by atoms with van der Waals surface area (Å²) >= 11 is 6.12. The maximum absolute atomic E-state index is 12.7. The van der Waals surface area contributed by atoms with E-state index >= 15 is 0 Å². The van der Waals surface area contributed by atoms with Crippen molar-refractivity contribution in [2.75, 3.05) is 19.6 Å². The molecule has 7 heteroatoms. The molecule has 1 aromatic rings. The van der Waals surface area contributed by atoms with Gasteiger partial charge in [0.15, 0.2) is 0 Å². The Morgan fingerprint density at radius 2 is 2.05 bits per heavy atom. The summed E-state index contributed by atoms with van der Waals surface area (Å²) in [6.07, 6.45) is 0. The highest BCUT2D eigenvalue weighted by atomic mass is 35.5. The molecule has 1 aromatic carbocycles. The molecule has 1 fully saturated rings. The molecule has 0 spiro atoms. The Kier molecular flexibility index (Phi) is 6.50. The van der Waals surface area contributed by atoms with Gasteiger partial charge in [-0.05, 0) is 30.5 Å². The molecule has 1 N–H and O–H groups in total. The first-order valence-corrected chi connectivity index (χ1v) is 8.67. The molecule has 1 atom stereocenters. The van der Waals surface area contributed by atoms with Crippen LogP contribution in [-0.4, -0.2) is 38.4 Å². The van der Waals surface area contributed by atoms with Crippen molar-refractivity contribution in [2.24, 2.45) is 0 Å². The van der Waals surface area contributed by atoms with E-state index in [-0.39, 0.29) is 29.3 Å². The molecule has 0 amide bonds. The lowest BCUT2D eigenvalue weighted by molar-refractivity contribution is 0.310. The van der Waals surface area contributed by atoms with Gasteiger partial charge in [-0.3, -0.25) is 0 Å². The van der Waals surface area contributed by atoms with Gasteiger partial charge in [0.1, 0.15) is 4.90 Å². The molecule has 1 aliphatic heterocycles. The highest BCUT2D eigenvalue weighted by Gasteiger charge is 2.30. The minimum atomic E-state index is -3.52. The molecule has 0 radical (unpaired) electrons. The van der Waals surface area contributed by atoms with Crippen LogP contribution in [0.2, 0.25) is 5.02 Å². The summed E-state index contributed by atoms with van der Waals surface area (Å²) in [4.78, 5) is 0.222. The van der Waals surface area contributed by atoms with Gasteiger partial charge in [-0.25, -0.2) is 8.42 Å². The van der Waals surface area contributed by atoms with Gasteiger partial charge in [-0.15, -0.1) is 12.4 Å². The quantitative estimate of drug-likeness (QED) is 0.909. The van der Waals surface area contributed by atoms with Gasteiger partial charge >= 0.3 is 0 Å². The largest absolute Gasteiger partial charge is 0.312 e. The number of piperazine rings is 1. The highest BCUT2D eigenvalue weighted by molar-refractivity contribution is 7.89. The Labute approximate surface area is 138 Å². The second kappa shape index (κ2) is 7.29. The number of nitrogens with one attached hydrogen (secondary N) is 1. The van der Waals surface area contributed by atoms with Gasteiger partial charge in [-0.1, -0.05) is 31.5 Å². The van der Waals surface area contributed by atoms with E-state index in [2.05, 4.69) is 5.32 Å². The SMILES string of the molecule is CC1CN(S(=O)(=O)c2cc(C(C)C)ccc2Cl)CCN1.Cl. The van der Waals surface area contributed by atoms with Crippen molar-refractivity contribution in [1.29, 1.82) is 0 Å². The first kappa shape index (κ1) is 18.7. The summed E-state index contributed by atoms with van der Waals surface area (Å²) in [5.74, 6) is 0.267. The molecule has 2 rings (SSSR count). The third kappa shape index (κ3) is 4.11. The van der Waals surface area contributed by atoms with Gasteiger partial charge in [0.25, 0.3) is 0 Å². The predicted octanol–water partition coefficient (Wildman–Crippen LogP) is 2.87. The molecule has 0 aromatic heterocycles. The first-order valence-electron chi connectivity index (χ1n) is 6.85. The van der Waals surface area contributed by atoms with Crippen LogP contribution in [0.25, 0.3) is 0 Å². The minimum absolute atomic E-state index is 0. The molecule has 0 bridgehead atoms. The van der Waals surface area contributed by atoms with Gasteiger partial charge in [0.2, 0.25) is 10.0 Å². The number of rotatable bonds is 3. The maximum Gasteiger partial charge on any atom is 0.244 e. The minimum Gasteiger partial charge on any atom is -0.312 e. The summed E-state index contributed by atoms with van der Waals surface area (Å²) in [5, 5.41) is 3.53. The van der Waals surface area contributed by atoms with Crippen molar-refractivity contribution < 1.29 is 8.42 Å². The number of sulfonamides is 1. The zero-order valence-corrected chi connectivity index (χ0v) is 14.9. The lowest BCUT2D eigenvalue weighted by atomic mass is 10.0. The van der Waals surface area contributed by atoms with E-state index in [9.17, 15) is 8.42 Å². The predicted molar refractivity (Wildman–Crippen MR) is 89.0 cm³/mol. The first-order chi connectivity index (χ1) is 9.32. The Morgan fingerprint density at radius 1 is 1.38 bits per heavy atom. The molecule has 0 saturated carbocycles. The summed E-state index contributed by atoms with van der Waals surface area (Å²) < 4.78 is 27.0. The molecule has 120 valence electrons. The van der Waals surface area contributed by atoms with E-state index in [1.165, 1.54) is 4.31 Å². The second-order valence-electron chi connectivity index (χ2n) is 5.56. The average molecular weight is 353 g/mol. The third-order valence-corrected chi connectivity index (χ3v) is 5.92. The van der Waals surface area contributed by atoms with Gasteiger partial charge in [0, 0.05) is 25.7 Å². The smallest absolute Gasteiger partial charge is 0.244 e. The van der Waals surface area contributed by atoms with Crippen LogP contribution in [0.4, 0.5) is 0 Å². The Balaban J connectivity index is 0.00000220. The average Bonchev–Trinajstić information content (AvgIpc) is 2.38. The van der Waals surface area contributed by atoms with E-state index < -0.39 is 10.0 Å². The zero-order valence-electron chi connectivity index (χ0n) is 12.5. The van der Waals surface area contributed by atoms with E-state index in [1.807, 2.05) is 26.8 Å². The van der Waals surface area contributed by atoms with Gasteiger partial charge in [-0.2, -0.15) is 4.31 Å². The lowest BCUT2D eigenvalue weighted by Crippen LogP contribution is -2.51. The molecular weight excluding hydrogens is 331 g/mol. The van der Waals surface area contributed by atoms with E-state index in [0.717, 1.165) is 5.56 Å². The molecule has 1 unspecified atom stereocenters. The number of nitrogens with zero attached hydrogens (tertiary/aromatic N) is 1. The Bertz CT molecular complexity index is 591. The molecule has 0 aliphatic carbocycles. The molecular formula is C14H22Cl2N2O2S. The van der Waals surface area contributed by atoms with Crippen LogP contribution < -0.4 is 5.32 Å². The van der Waals surface area contributed by atoms with Crippen molar-refractivity contribution >= 4 is 34.0 Å². The Morgan fingerprint density at radius 3 is 2.62 bits per heavy atom. The van der Waals surface area contributed by atoms with Crippen molar-refractivity contribution in [2.45, 2.75) is 37.6 Å². The van der Waals surface area contributed by atoms with Gasteiger partial charge < -0.3 is 5.32 Å². The molecule has 21 heavy (non-hydrogen) atoms. The summed E-state index contributed by atoms with van der Waals surface area (Å²) in [6.45, 7) is 7.67. The summed E-state index contributed by atoms with van der Waals surface area (Å²) in [6, 6.07) is 5.42. The molecule has 1 aliphatic rings. The fourth-order valence-electron chi connectivity index (χ4n) is 2.33. The van der Waals surface area contributed by atoms with Crippen LogP contribution in [0.5, 0.6) is 0 Å². The van der Waals surface area contributed by atoms with Crippen LogP contribution in [0.3, 0.4) is 0 Å². The fraction of sp³-hybridized carbons (Fsp3) is 0.571. The van der Waals surface area contributed by atoms with Crippen molar-refractivity contribution in [3.8, 4) is 0 Å². The van der Waals surface area contributed by atoms with Crippen LogP contribution in [0.15, 0.2) is 23.1 Å². The van der Waals surface area contributed by atoms with Gasteiger partial charge in [0.05, 0.1) is 5.02 Å². The van der Waals surface area contributed by atoms with Crippen molar-refractivity contribution in [3.63, 3.8) is 0 Å². The molecule has 4 nitrogen and oxygen atoms in total. The maximum atomic E-state index is 12.7. The lowest BCUT2D eigenvalue weighted by Gasteiger charge is -2.31. The standard InChI is InChI=1S/C14H21ClN2O2S.ClH/c1-10(2)12-4-5-13(15)14(8-12)20(18,19)17-7-6-16-11(3)9-17;/h4-5,8,10-11,16H,6-7,9H2,1-3H3;1H. The van der Waals surface area contributed by atoms with E-state index in [0.29, 0.717) is 24.7 Å². The summed E-state index contributed by atoms with van der Waals surface area (Å²) in [7, 11) is -3.52.